The minimum absolute atomic E-state index is 0.234. The summed E-state index contributed by atoms with van der Waals surface area (Å²) in [6, 6.07) is 20.9. The van der Waals surface area contributed by atoms with E-state index in [1.54, 1.807) is 11.9 Å². The molecule has 0 aliphatic carbocycles. The Kier molecular flexibility index (Phi) is 6.18. The molecule has 0 aromatic heterocycles. The molecule has 0 radical (unpaired) electrons. The number of likely N-dealkylation sites (N-methyl/N-ethyl adjacent to an activating group) is 1. The second-order valence-electron chi connectivity index (χ2n) is 8.04. The third-order valence-electron chi connectivity index (χ3n) is 5.69. The third kappa shape index (κ3) is 4.78. The Balaban J connectivity index is 1.51. The van der Waals surface area contributed by atoms with Gasteiger partial charge in [0.15, 0.2) is 0 Å². The van der Waals surface area contributed by atoms with E-state index in [0.717, 1.165) is 21.9 Å². The predicted octanol–water partition coefficient (Wildman–Crippen LogP) is 1.95. The summed E-state index contributed by atoms with van der Waals surface area (Å²) in [6.45, 7) is 0.390. The number of carbonyl (C=O) groups excluding carboxylic acids is 2. The number of amides is 2. The zero-order valence-electron chi connectivity index (χ0n) is 17.7. The summed E-state index contributed by atoms with van der Waals surface area (Å²) in [5, 5.41) is 16.6. The van der Waals surface area contributed by atoms with Crippen LogP contribution in [0.4, 0.5) is 0 Å². The molecule has 2 amide bonds. The van der Waals surface area contributed by atoms with Gasteiger partial charge in [0.1, 0.15) is 18.1 Å². The van der Waals surface area contributed by atoms with Crippen LogP contribution in [0.1, 0.15) is 11.1 Å². The number of hydrogen-bond donors (Lipinski definition) is 3. The van der Waals surface area contributed by atoms with Crippen molar-refractivity contribution in [1.82, 2.24) is 15.5 Å². The molecule has 0 spiro atoms. The Bertz CT molecular complexity index is 1140. The van der Waals surface area contributed by atoms with Gasteiger partial charge >= 0.3 is 5.97 Å². The van der Waals surface area contributed by atoms with Gasteiger partial charge in [-0.25, -0.2) is 0 Å². The molecule has 3 N–H and O–H groups in total. The normalized spacial score (nSPS) is 18.0. The second kappa shape index (κ2) is 9.20. The van der Waals surface area contributed by atoms with Gasteiger partial charge in [0.2, 0.25) is 11.8 Å². The van der Waals surface area contributed by atoms with Gasteiger partial charge in [-0.2, -0.15) is 0 Å². The molecule has 3 aromatic rings. The Morgan fingerprint density at radius 2 is 1.66 bits per heavy atom. The summed E-state index contributed by atoms with van der Waals surface area (Å²) in [5.41, 5.74) is 1.92. The van der Waals surface area contributed by atoms with Crippen molar-refractivity contribution in [3.63, 3.8) is 0 Å². The topological polar surface area (TPSA) is 109 Å². The molecule has 1 aliphatic rings. The molecule has 0 unspecified atom stereocenters. The van der Waals surface area contributed by atoms with Crippen LogP contribution in [-0.4, -0.2) is 53.0 Å². The van der Waals surface area contributed by atoms with Crippen LogP contribution in [0.25, 0.3) is 10.8 Å². The molecule has 7 nitrogen and oxygen atoms in total. The van der Waals surface area contributed by atoms with Gasteiger partial charge in [0, 0.05) is 20.0 Å². The highest BCUT2D eigenvalue weighted by atomic mass is 16.4. The first-order chi connectivity index (χ1) is 15.4. The molecule has 4 rings (SSSR count). The lowest BCUT2D eigenvalue weighted by molar-refractivity contribution is -0.137. The van der Waals surface area contributed by atoms with Gasteiger partial charge in [-0.1, -0.05) is 72.8 Å². The van der Waals surface area contributed by atoms with Gasteiger partial charge in [-0.05, 0) is 21.9 Å². The summed E-state index contributed by atoms with van der Waals surface area (Å²) in [7, 11) is 1.71. The maximum atomic E-state index is 13.4. The fraction of sp³-hybridized carbons (Fsp3) is 0.240. The maximum Gasteiger partial charge on any atom is 0.322 e. The van der Waals surface area contributed by atoms with Gasteiger partial charge in [0.25, 0.3) is 0 Å². The molecular formula is C25H25N3O4. The summed E-state index contributed by atoms with van der Waals surface area (Å²) < 4.78 is 0. The summed E-state index contributed by atoms with van der Waals surface area (Å²) >= 11 is 0. The van der Waals surface area contributed by atoms with Gasteiger partial charge in [0.05, 0.1) is 0 Å². The lowest BCUT2D eigenvalue weighted by atomic mass is 10.0. The summed E-state index contributed by atoms with van der Waals surface area (Å²) in [6.07, 6.45) is 0.315. The molecule has 1 fully saturated rings. The lowest BCUT2D eigenvalue weighted by Crippen LogP contribution is -2.50. The molecular weight excluding hydrogens is 406 g/mol. The molecule has 3 aromatic carbocycles. The SMILES string of the molecule is CN(Cc1cccc2ccccc12)C(=O)[C@H](Cc1ccccc1)NC(=O)[C@H]1N[C@@H]1C(=O)O. The van der Waals surface area contributed by atoms with Crippen LogP contribution in [0.5, 0.6) is 0 Å². The van der Waals surface area contributed by atoms with Crippen LogP contribution in [0, 0.1) is 0 Å². The van der Waals surface area contributed by atoms with Crippen molar-refractivity contribution in [1.29, 1.82) is 0 Å². The quantitative estimate of drug-likeness (QED) is 0.473. The summed E-state index contributed by atoms with van der Waals surface area (Å²) in [5.74, 6) is -1.79. The first-order valence-corrected chi connectivity index (χ1v) is 10.5. The Labute approximate surface area is 186 Å². The first kappa shape index (κ1) is 21.5. The Morgan fingerprint density at radius 3 is 2.38 bits per heavy atom. The number of nitrogens with one attached hydrogen (secondary N) is 2. The molecule has 32 heavy (non-hydrogen) atoms. The van der Waals surface area contributed by atoms with E-state index in [2.05, 4.69) is 10.6 Å². The van der Waals surface area contributed by atoms with Gasteiger partial charge < -0.3 is 15.3 Å². The van der Waals surface area contributed by atoms with Crippen molar-refractivity contribution in [2.24, 2.45) is 0 Å². The van der Waals surface area contributed by atoms with Gasteiger partial charge in [-0.15, -0.1) is 0 Å². The first-order valence-electron chi connectivity index (χ1n) is 10.5. The average molecular weight is 431 g/mol. The Morgan fingerprint density at radius 1 is 0.969 bits per heavy atom. The Hall–Kier alpha value is -3.71. The molecule has 1 aliphatic heterocycles. The van der Waals surface area contributed by atoms with E-state index in [4.69, 9.17) is 5.11 Å². The molecule has 164 valence electrons. The fourth-order valence-electron chi connectivity index (χ4n) is 3.92. The van der Waals surface area contributed by atoms with Crippen LogP contribution >= 0.6 is 0 Å². The van der Waals surface area contributed by atoms with E-state index < -0.39 is 30.0 Å². The van der Waals surface area contributed by atoms with Crippen molar-refractivity contribution < 1.29 is 19.5 Å². The van der Waals surface area contributed by atoms with Crippen LogP contribution in [0.15, 0.2) is 72.8 Å². The minimum Gasteiger partial charge on any atom is -0.480 e. The standard InChI is InChI=1S/C25H25N3O4/c1-28(15-18-12-7-11-17-10-5-6-13-19(17)18)24(30)20(14-16-8-3-2-4-9-16)26-23(29)21-22(27-21)25(31)32/h2-13,20-22,27H,14-15H2,1H3,(H,26,29)(H,31,32)/t20-,21-,22-/m0/s1. The summed E-state index contributed by atoms with van der Waals surface area (Å²) in [4.78, 5) is 38.6. The van der Waals surface area contributed by atoms with Crippen molar-refractivity contribution in [3.8, 4) is 0 Å². The van der Waals surface area contributed by atoms with Crippen LogP contribution in [-0.2, 0) is 27.3 Å². The highest BCUT2D eigenvalue weighted by Crippen LogP contribution is 2.20. The number of carbonyl (C=O) groups is 3. The van der Waals surface area contributed by atoms with Gasteiger partial charge in [-0.3, -0.25) is 19.7 Å². The molecule has 0 saturated carbocycles. The fourth-order valence-corrected chi connectivity index (χ4v) is 3.92. The number of aliphatic carboxylic acids is 1. The maximum absolute atomic E-state index is 13.4. The number of hydrogen-bond acceptors (Lipinski definition) is 4. The average Bonchev–Trinajstić information content (AvgIpc) is 3.61. The number of rotatable bonds is 8. The number of benzene rings is 3. The van der Waals surface area contributed by atoms with Crippen molar-refractivity contribution >= 4 is 28.6 Å². The number of carboxylic acids is 1. The highest BCUT2D eigenvalue weighted by Gasteiger charge is 2.48. The van der Waals surface area contributed by atoms with E-state index in [1.165, 1.54) is 0 Å². The zero-order chi connectivity index (χ0) is 22.7. The minimum atomic E-state index is -1.08. The van der Waals surface area contributed by atoms with E-state index in [0.29, 0.717) is 13.0 Å². The monoisotopic (exact) mass is 431 g/mol. The molecule has 1 saturated heterocycles. The number of nitrogens with zero attached hydrogens (tertiary/aromatic N) is 1. The van der Waals surface area contributed by atoms with Crippen molar-refractivity contribution in [2.75, 3.05) is 7.05 Å². The van der Waals surface area contributed by atoms with E-state index in [-0.39, 0.29) is 5.91 Å². The molecule has 3 atom stereocenters. The van der Waals surface area contributed by atoms with Crippen molar-refractivity contribution in [2.45, 2.75) is 31.1 Å². The molecule has 7 heteroatoms. The lowest BCUT2D eigenvalue weighted by Gasteiger charge is -2.25. The van der Waals surface area contributed by atoms with Crippen LogP contribution in [0.3, 0.4) is 0 Å². The van der Waals surface area contributed by atoms with E-state index >= 15 is 0 Å². The molecule has 1 heterocycles. The van der Waals surface area contributed by atoms with E-state index in [9.17, 15) is 14.4 Å². The van der Waals surface area contributed by atoms with Crippen LogP contribution < -0.4 is 10.6 Å². The third-order valence-corrected chi connectivity index (χ3v) is 5.69. The second-order valence-corrected chi connectivity index (χ2v) is 8.04. The predicted molar refractivity (Wildman–Crippen MR) is 121 cm³/mol. The highest BCUT2D eigenvalue weighted by molar-refractivity contribution is 5.97. The van der Waals surface area contributed by atoms with Crippen molar-refractivity contribution in [3.05, 3.63) is 83.9 Å². The molecule has 0 bridgehead atoms. The smallest absolute Gasteiger partial charge is 0.322 e. The number of fused-ring (bicyclic) bond motifs is 1. The number of carboxylic acid groups (broad SMARTS) is 1. The largest absolute Gasteiger partial charge is 0.480 e. The van der Waals surface area contributed by atoms with E-state index in [1.807, 2.05) is 72.8 Å². The van der Waals surface area contributed by atoms with Crippen LogP contribution in [0.2, 0.25) is 0 Å². The zero-order valence-corrected chi connectivity index (χ0v) is 17.7.